The molecule has 0 aromatic carbocycles. The van der Waals surface area contributed by atoms with Crippen molar-refractivity contribution in [2.45, 2.75) is 38.1 Å². The molecule has 0 amide bonds. The van der Waals surface area contributed by atoms with Crippen molar-refractivity contribution in [2.24, 2.45) is 0 Å². The Kier molecular flexibility index (Phi) is 3.96. The van der Waals surface area contributed by atoms with E-state index in [1.165, 1.54) is 30.6 Å². The number of rotatable bonds is 2. The molecule has 4 rings (SSSR count). The highest BCUT2D eigenvalue weighted by molar-refractivity contribution is 7.25. The van der Waals surface area contributed by atoms with Gasteiger partial charge >= 0.3 is 0 Å². The van der Waals surface area contributed by atoms with Gasteiger partial charge in [0.05, 0.1) is 22.9 Å². The maximum Gasteiger partial charge on any atom is 0.271 e. The number of hydrogen-bond donors (Lipinski definition) is 0. The van der Waals surface area contributed by atoms with Crippen molar-refractivity contribution < 1.29 is 0 Å². The zero-order valence-corrected chi connectivity index (χ0v) is 15.3. The first-order valence-electron chi connectivity index (χ1n) is 8.23. The zero-order valence-electron chi connectivity index (χ0n) is 13.8. The lowest BCUT2D eigenvalue weighted by molar-refractivity contribution is 0.345. The van der Waals surface area contributed by atoms with Gasteiger partial charge in [-0.25, -0.2) is 9.97 Å². The Morgan fingerprint density at radius 3 is 2.75 bits per heavy atom. The Bertz CT molecular complexity index is 972. The van der Waals surface area contributed by atoms with Crippen LogP contribution < -0.4 is 10.5 Å². The van der Waals surface area contributed by atoms with Crippen molar-refractivity contribution in [3.63, 3.8) is 0 Å². The minimum Gasteiger partial charge on any atom is -0.377 e. The van der Waals surface area contributed by atoms with Crippen LogP contribution in [0.2, 0.25) is 5.15 Å². The molecule has 24 heavy (non-hydrogen) atoms. The van der Waals surface area contributed by atoms with Crippen LogP contribution in [0, 0.1) is 0 Å². The molecule has 3 aromatic rings. The number of hydrogen-bond acceptors (Lipinski definition) is 5. The van der Waals surface area contributed by atoms with Gasteiger partial charge in [-0.2, -0.15) is 0 Å². The van der Waals surface area contributed by atoms with Crippen molar-refractivity contribution in [1.29, 1.82) is 0 Å². The first-order valence-corrected chi connectivity index (χ1v) is 9.43. The van der Waals surface area contributed by atoms with Crippen molar-refractivity contribution >= 4 is 49.1 Å². The van der Waals surface area contributed by atoms with E-state index in [0.29, 0.717) is 9.85 Å². The van der Waals surface area contributed by atoms with Gasteiger partial charge in [-0.05, 0) is 18.9 Å². The molecule has 0 saturated heterocycles. The summed E-state index contributed by atoms with van der Waals surface area (Å²) >= 11 is 7.55. The number of aromatic nitrogens is 3. The molecule has 1 aliphatic carbocycles. The molecule has 0 radical (unpaired) electrons. The zero-order chi connectivity index (χ0) is 16.8. The highest BCUT2D eigenvalue weighted by atomic mass is 35.5. The van der Waals surface area contributed by atoms with E-state index >= 15 is 0 Å². The summed E-state index contributed by atoms with van der Waals surface area (Å²) in [5.41, 5.74) is 1.73. The van der Waals surface area contributed by atoms with Crippen molar-refractivity contribution in [3.8, 4) is 0 Å². The largest absolute Gasteiger partial charge is 0.377 e. The minimum absolute atomic E-state index is 0.0516. The monoisotopic (exact) mass is 362 g/mol. The van der Waals surface area contributed by atoms with Gasteiger partial charge in [-0.1, -0.05) is 30.9 Å². The Morgan fingerprint density at radius 1 is 1.29 bits per heavy atom. The lowest BCUT2D eigenvalue weighted by Crippen LogP contribution is -2.26. The summed E-state index contributed by atoms with van der Waals surface area (Å²) in [7, 11) is 3.91. The van der Waals surface area contributed by atoms with E-state index in [-0.39, 0.29) is 11.6 Å². The summed E-state index contributed by atoms with van der Waals surface area (Å²) in [6.45, 7) is 0. The van der Waals surface area contributed by atoms with E-state index in [4.69, 9.17) is 11.6 Å². The quantitative estimate of drug-likeness (QED) is 0.640. The van der Waals surface area contributed by atoms with Gasteiger partial charge < -0.3 is 4.90 Å². The van der Waals surface area contributed by atoms with E-state index in [2.05, 4.69) is 9.97 Å². The van der Waals surface area contributed by atoms with Gasteiger partial charge in [-0.3, -0.25) is 9.36 Å². The van der Waals surface area contributed by atoms with Crippen LogP contribution in [-0.4, -0.2) is 28.6 Å². The number of nitrogens with zero attached hydrogens (tertiary/aromatic N) is 4. The topological polar surface area (TPSA) is 51.0 Å². The predicted octanol–water partition coefficient (Wildman–Crippen LogP) is 4.23. The van der Waals surface area contributed by atoms with Gasteiger partial charge in [-0.15, -0.1) is 11.3 Å². The maximum absolute atomic E-state index is 13.0. The van der Waals surface area contributed by atoms with E-state index < -0.39 is 0 Å². The number of fused-ring (bicyclic) bond motifs is 3. The van der Waals surface area contributed by atoms with Gasteiger partial charge in [0.25, 0.3) is 5.56 Å². The molecule has 1 aliphatic rings. The summed E-state index contributed by atoms with van der Waals surface area (Å²) in [5.74, 6) is 0. The summed E-state index contributed by atoms with van der Waals surface area (Å²) < 4.78 is 2.50. The fourth-order valence-corrected chi connectivity index (χ4v) is 4.89. The Morgan fingerprint density at radius 2 is 2.04 bits per heavy atom. The fourth-order valence-electron chi connectivity index (χ4n) is 3.56. The molecule has 0 unspecified atom stereocenters. The van der Waals surface area contributed by atoms with Gasteiger partial charge in [0, 0.05) is 20.1 Å². The molecular weight excluding hydrogens is 344 g/mol. The fraction of sp³-hybridized carbons (Fsp3) is 0.471. The van der Waals surface area contributed by atoms with Crippen LogP contribution >= 0.6 is 22.9 Å². The highest BCUT2D eigenvalue weighted by Crippen LogP contribution is 2.37. The number of halogens is 1. The van der Waals surface area contributed by atoms with Gasteiger partial charge in [0.15, 0.2) is 0 Å². The first-order chi connectivity index (χ1) is 11.6. The van der Waals surface area contributed by atoms with Crippen LogP contribution in [-0.2, 0) is 0 Å². The minimum atomic E-state index is 0.0516. The van der Waals surface area contributed by atoms with Crippen LogP contribution in [0.4, 0.5) is 5.69 Å². The van der Waals surface area contributed by atoms with Crippen LogP contribution in [0.15, 0.2) is 17.2 Å². The SMILES string of the molecule is CN(C)c1cc(Cl)nc2sc3c(=O)n(C4CCCCC4)cnc3c12. The second kappa shape index (κ2) is 6.01. The van der Waals surface area contributed by atoms with Gasteiger partial charge in [0.1, 0.15) is 14.7 Å². The molecule has 0 atom stereocenters. The second-order valence-electron chi connectivity index (χ2n) is 6.57. The third-order valence-electron chi connectivity index (χ3n) is 4.77. The molecule has 0 bridgehead atoms. The van der Waals surface area contributed by atoms with Crippen LogP contribution in [0.5, 0.6) is 0 Å². The summed E-state index contributed by atoms with van der Waals surface area (Å²) in [5, 5.41) is 1.35. The van der Waals surface area contributed by atoms with E-state index in [9.17, 15) is 4.79 Å². The average Bonchev–Trinajstić information content (AvgIpc) is 2.94. The maximum atomic E-state index is 13.0. The standard InChI is InChI=1S/C17H19ClN4OS/c1-21(2)11-8-12(18)20-16-13(11)14-15(24-16)17(23)22(9-19-14)10-6-4-3-5-7-10/h8-10H,3-7H2,1-2H3. The molecule has 1 fully saturated rings. The number of thiophene rings is 1. The normalized spacial score (nSPS) is 16.1. The van der Waals surface area contributed by atoms with E-state index in [0.717, 1.165) is 34.3 Å². The molecule has 0 N–H and O–H groups in total. The first kappa shape index (κ1) is 15.8. The van der Waals surface area contributed by atoms with Crippen LogP contribution in [0.25, 0.3) is 20.4 Å². The van der Waals surface area contributed by atoms with Crippen molar-refractivity contribution in [1.82, 2.24) is 14.5 Å². The van der Waals surface area contributed by atoms with Crippen LogP contribution in [0.3, 0.4) is 0 Å². The molecule has 1 saturated carbocycles. The Labute approximate surface area is 148 Å². The molecule has 126 valence electrons. The second-order valence-corrected chi connectivity index (χ2v) is 7.95. The molecule has 3 aromatic heterocycles. The molecule has 3 heterocycles. The van der Waals surface area contributed by atoms with Crippen molar-refractivity contribution in [2.75, 3.05) is 19.0 Å². The molecule has 0 spiro atoms. The lowest BCUT2D eigenvalue weighted by Gasteiger charge is -2.23. The third-order valence-corrected chi connectivity index (χ3v) is 6.03. The van der Waals surface area contributed by atoms with E-state index in [1.807, 2.05) is 29.6 Å². The highest BCUT2D eigenvalue weighted by Gasteiger charge is 2.21. The van der Waals surface area contributed by atoms with Gasteiger partial charge in [0.2, 0.25) is 0 Å². The average molecular weight is 363 g/mol. The molecular formula is C17H19ClN4OS. The number of anilines is 1. The lowest BCUT2D eigenvalue weighted by atomic mass is 9.95. The smallest absolute Gasteiger partial charge is 0.271 e. The third kappa shape index (κ3) is 2.48. The Balaban J connectivity index is 1.98. The van der Waals surface area contributed by atoms with Crippen LogP contribution in [0.1, 0.15) is 38.1 Å². The summed E-state index contributed by atoms with van der Waals surface area (Å²) in [4.78, 5) is 24.8. The number of pyridine rings is 1. The summed E-state index contributed by atoms with van der Waals surface area (Å²) in [6.07, 6.45) is 7.47. The van der Waals surface area contributed by atoms with E-state index in [1.54, 1.807) is 6.33 Å². The predicted molar refractivity (Wildman–Crippen MR) is 101 cm³/mol. The Hall–Kier alpha value is -1.66. The molecule has 5 nitrogen and oxygen atoms in total. The summed E-state index contributed by atoms with van der Waals surface area (Å²) in [6, 6.07) is 2.10. The van der Waals surface area contributed by atoms with Crippen molar-refractivity contribution in [3.05, 3.63) is 27.9 Å². The molecule has 7 heteroatoms. The molecule has 0 aliphatic heterocycles.